The van der Waals surface area contributed by atoms with E-state index in [4.69, 9.17) is 0 Å². The minimum atomic E-state index is -4.86. The van der Waals surface area contributed by atoms with Crippen molar-refractivity contribution in [2.24, 2.45) is 14.1 Å². The Hall–Kier alpha value is -2.12. The van der Waals surface area contributed by atoms with Crippen LogP contribution in [0.25, 0.3) is 0 Å². The van der Waals surface area contributed by atoms with E-state index in [2.05, 4.69) is 20.6 Å². The number of hydrogen-bond donors (Lipinski definition) is 0. The summed E-state index contributed by atoms with van der Waals surface area (Å²) in [6.45, 7) is 0. The molecule has 0 unspecified atom stereocenters. The van der Waals surface area contributed by atoms with Crippen molar-refractivity contribution in [3.8, 4) is 0 Å². The van der Waals surface area contributed by atoms with Crippen LogP contribution in [0.2, 0.25) is 0 Å². The molecule has 2 heterocycles. The minimum Gasteiger partial charge on any atom is -0.246 e. The zero-order chi connectivity index (χ0) is 18.3. The van der Waals surface area contributed by atoms with Gasteiger partial charge in [0.2, 0.25) is 0 Å². The fraction of sp³-hybridized carbons (Fsp3) is 0.600. The maximum atomic E-state index is 12.9. The molecule has 0 N–H and O–H groups in total. The van der Waals surface area contributed by atoms with Gasteiger partial charge in [0.15, 0.2) is 15.5 Å². The van der Waals surface area contributed by atoms with Crippen LogP contribution in [0.3, 0.4) is 0 Å². The van der Waals surface area contributed by atoms with E-state index in [0.717, 1.165) is 14.1 Å². The van der Waals surface area contributed by atoms with Crippen LogP contribution < -0.4 is 0 Å². The first kappa shape index (κ1) is 18.2. The molecule has 0 aliphatic rings. The van der Waals surface area contributed by atoms with Crippen LogP contribution in [0.15, 0.2) is 0 Å². The third-order valence-corrected chi connectivity index (χ3v) is 4.46. The summed E-state index contributed by atoms with van der Waals surface area (Å²) in [6.07, 6.45) is -7.89. The molecule has 8 nitrogen and oxygen atoms in total. The Labute approximate surface area is 132 Å². The second kappa shape index (κ2) is 6.07. The molecule has 0 aromatic carbocycles. The predicted octanol–water partition coefficient (Wildman–Crippen LogP) is 1.02. The molecule has 134 valence electrons. The van der Waals surface area contributed by atoms with Gasteiger partial charge in [-0.05, 0) is 0 Å². The zero-order valence-corrected chi connectivity index (χ0v) is 13.1. The van der Waals surface area contributed by atoms with Gasteiger partial charge < -0.3 is 0 Å². The van der Waals surface area contributed by atoms with E-state index in [9.17, 15) is 30.4 Å². The Kier molecular flexibility index (Phi) is 4.61. The smallest absolute Gasteiger partial charge is 0.246 e. The number of nitrogens with zero attached hydrogens (tertiary/aromatic N) is 6. The van der Waals surface area contributed by atoms with Gasteiger partial charge in [-0.1, -0.05) is 10.4 Å². The maximum absolute atomic E-state index is 12.9. The van der Waals surface area contributed by atoms with Crippen LogP contribution in [-0.2, 0) is 41.6 Å². The van der Waals surface area contributed by atoms with Gasteiger partial charge in [-0.15, -0.1) is 10.2 Å². The monoisotopic (exact) mass is 374 g/mol. The van der Waals surface area contributed by atoms with Crippen LogP contribution in [0.4, 0.5) is 22.0 Å². The van der Waals surface area contributed by atoms with Gasteiger partial charge >= 0.3 is 6.18 Å². The Bertz CT molecular complexity index is 841. The molecule has 0 saturated carbocycles. The molecule has 2 aromatic heterocycles. The summed E-state index contributed by atoms with van der Waals surface area (Å²) in [5.41, 5.74) is -3.37. The first-order chi connectivity index (χ1) is 10.9. The second-order valence-electron chi connectivity index (χ2n) is 4.88. The molecule has 0 saturated heterocycles. The molecule has 0 aliphatic carbocycles. The molecule has 14 heteroatoms. The van der Waals surface area contributed by atoms with Crippen LogP contribution in [0.5, 0.6) is 0 Å². The van der Waals surface area contributed by atoms with E-state index in [-0.39, 0.29) is 0 Å². The quantitative estimate of drug-likeness (QED) is 0.725. The first-order valence-corrected chi connectivity index (χ1v) is 8.07. The minimum absolute atomic E-state index is 0.401. The van der Waals surface area contributed by atoms with Crippen molar-refractivity contribution >= 4 is 9.84 Å². The summed E-state index contributed by atoms with van der Waals surface area (Å²) in [5.74, 6) is -2.11. The standard InChI is InChI=1S/C10H11F5N6O2S/c1-20-7(9(11)12)5(16-18-20)3-24(22,23)4-6-8(10(13,14)15)21(2)19-17-6/h9H,3-4H2,1-2H3. The zero-order valence-electron chi connectivity index (χ0n) is 12.3. The summed E-state index contributed by atoms with van der Waals surface area (Å²) >= 11 is 0. The summed E-state index contributed by atoms with van der Waals surface area (Å²) in [4.78, 5) is 0. The average Bonchev–Trinajstić information content (AvgIpc) is 2.91. The summed E-state index contributed by atoms with van der Waals surface area (Å²) in [6, 6.07) is 0. The van der Waals surface area contributed by atoms with Crippen LogP contribution >= 0.6 is 0 Å². The van der Waals surface area contributed by atoms with E-state index in [1.165, 1.54) is 0 Å². The number of hydrogen-bond acceptors (Lipinski definition) is 6. The van der Waals surface area contributed by atoms with Crippen LogP contribution in [0, 0.1) is 0 Å². The van der Waals surface area contributed by atoms with Gasteiger partial charge in [-0.25, -0.2) is 26.6 Å². The Morgan fingerprint density at radius 1 is 1.00 bits per heavy atom. The van der Waals surface area contributed by atoms with E-state index < -0.39 is 56.7 Å². The Morgan fingerprint density at radius 3 is 2.04 bits per heavy atom. The molecule has 2 rings (SSSR count). The molecule has 0 spiro atoms. The van der Waals surface area contributed by atoms with Crippen molar-refractivity contribution in [2.45, 2.75) is 24.1 Å². The largest absolute Gasteiger partial charge is 0.434 e. The lowest BCUT2D eigenvalue weighted by Gasteiger charge is -2.08. The summed E-state index contributed by atoms with van der Waals surface area (Å²) < 4.78 is 89.7. The molecule has 0 amide bonds. The molecule has 0 radical (unpaired) electrons. The Balaban J connectivity index is 2.31. The molecule has 2 aromatic rings. The maximum Gasteiger partial charge on any atom is 0.434 e. The van der Waals surface area contributed by atoms with E-state index >= 15 is 0 Å². The lowest BCUT2D eigenvalue weighted by molar-refractivity contribution is -0.144. The molecule has 0 bridgehead atoms. The van der Waals surface area contributed by atoms with Gasteiger partial charge in [0.05, 0.1) is 11.5 Å². The van der Waals surface area contributed by atoms with Gasteiger partial charge in [0.1, 0.15) is 17.1 Å². The summed E-state index contributed by atoms with van der Waals surface area (Å²) in [5, 5.41) is 13.0. The van der Waals surface area contributed by atoms with Crippen LogP contribution in [-0.4, -0.2) is 38.4 Å². The normalized spacial score (nSPS) is 13.0. The topological polar surface area (TPSA) is 95.6 Å². The molecule has 24 heavy (non-hydrogen) atoms. The summed E-state index contributed by atoms with van der Waals surface area (Å²) in [7, 11) is -2.16. The first-order valence-electron chi connectivity index (χ1n) is 6.25. The molecule has 0 aliphatic heterocycles. The van der Waals surface area contributed by atoms with E-state index in [1.807, 2.05) is 0 Å². The third kappa shape index (κ3) is 3.68. The van der Waals surface area contributed by atoms with Gasteiger partial charge in [-0.2, -0.15) is 13.2 Å². The number of alkyl halides is 5. The highest BCUT2D eigenvalue weighted by Gasteiger charge is 2.39. The lowest BCUT2D eigenvalue weighted by Crippen LogP contribution is -2.17. The molecular weight excluding hydrogens is 363 g/mol. The number of aromatic nitrogens is 6. The van der Waals surface area contributed by atoms with Crippen molar-refractivity contribution in [3.63, 3.8) is 0 Å². The SMILES string of the molecule is Cn1nnc(CS(=O)(=O)Cc2nnn(C)c2C(F)(F)F)c1C(F)F. The van der Waals surface area contributed by atoms with E-state index in [1.54, 1.807) is 0 Å². The number of sulfone groups is 1. The predicted molar refractivity (Wildman–Crippen MR) is 68.3 cm³/mol. The Morgan fingerprint density at radius 2 is 1.50 bits per heavy atom. The van der Waals surface area contributed by atoms with Crippen molar-refractivity contribution in [1.29, 1.82) is 0 Å². The highest BCUT2D eigenvalue weighted by molar-refractivity contribution is 7.89. The van der Waals surface area contributed by atoms with Crippen molar-refractivity contribution in [1.82, 2.24) is 30.0 Å². The van der Waals surface area contributed by atoms with Gasteiger partial charge in [0.25, 0.3) is 6.43 Å². The van der Waals surface area contributed by atoms with Gasteiger partial charge in [-0.3, -0.25) is 0 Å². The van der Waals surface area contributed by atoms with Gasteiger partial charge in [0, 0.05) is 14.1 Å². The molecule has 0 fully saturated rings. The fourth-order valence-corrected chi connectivity index (χ4v) is 3.42. The molecular formula is C10H11F5N6O2S. The highest BCUT2D eigenvalue weighted by atomic mass is 32.2. The number of halogens is 5. The lowest BCUT2D eigenvalue weighted by atomic mass is 10.3. The fourth-order valence-electron chi connectivity index (χ4n) is 2.09. The van der Waals surface area contributed by atoms with E-state index in [0.29, 0.717) is 9.36 Å². The number of aryl methyl sites for hydroxylation is 2. The van der Waals surface area contributed by atoms with Crippen molar-refractivity contribution < 1.29 is 30.4 Å². The number of rotatable bonds is 5. The van der Waals surface area contributed by atoms with Crippen molar-refractivity contribution in [2.75, 3.05) is 0 Å². The third-order valence-electron chi connectivity index (χ3n) is 3.03. The average molecular weight is 374 g/mol. The second-order valence-corrected chi connectivity index (χ2v) is 6.95. The van der Waals surface area contributed by atoms with Crippen molar-refractivity contribution in [3.05, 3.63) is 22.8 Å². The molecule has 0 atom stereocenters. The highest BCUT2D eigenvalue weighted by Crippen LogP contribution is 2.32. The van der Waals surface area contributed by atoms with Crippen LogP contribution in [0.1, 0.15) is 29.2 Å².